The third-order valence-electron chi connectivity index (χ3n) is 4.60. The predicted molar refractivity (Wildman–Crippen MR) is 83.7 cm³/mol. The Balaban J connectivity index is 1.85. The molecular weight excluding hydrogens is 248 g/mol. The lowest BCUT2D eigenvalue weighted by Crippen LogP contribution is -2.31. The summed E-state index contributed by atoms with van der Waals surface area (Å²) in [4.78, 5) is 12.2. The summed E-state index contributed by atoms with van der Waals surface area (Å²) >= 11 is 0. The Morgan fingerprint density at radius 2 is 1.90 bits per heavy atom. The highest BCUT2D eigenvalue weighted by atomic mass is 16.1. The van der Waals surface area contributed by atoms with Gasteiger partial charge in [-0.2, -0.15) is 0 Å². The minimum absolute atomic E-state index is 0.00687. The maximum atomic E-state index is 12.2. The first kappa shape index (κ1) is 14.9. The molecule has 0 unspecified atom stereocenters. The number of benzene rings is 1. The molecule has 1 aliphatic carbocycles. The Hall–Kier alpha value is -1.51. The number of amides is 1. The largest absolute Gasteiger partial charge is 0.399 e. The van der Waals surface area contributed by atoms with E-state index in [4.69, 9.17) is 5.73 Å². The minimum Gasteiger partial charge on any atom is -0.399 e. The van der Waals surface area contributed by atoms with Gasteiger partial charge in [-0.1, -0.05) is 32.3 Å². The summed E-state index contributed by atoms with van der Waals surface area (Å²) in [6.45, 7) is 5.01. The molecule has 1 aromatic rings. The predicted octanol–water partition coefficient (Wildman–Crippen LogP) is 3.52. The number of hydrogen-bond acceptors (Lipinski definition) is 2. The van der Waals surface area contributed by atoms with Crippen molar-refractivity contribution in [3.05, 3.63) is 29.3 Å². The first-order chi connectivity index (χ1) is 9.60. The average molecular weight is 274 g/mol. The van der Waals surface area contributed by atoms with E-state index >= 15 is 0 Å². The molecule has 0 aromatic heterocycles. The first-order valence-corrected chi connectivity index (χ1v) is 7.74. The second-order valence-corrected chi connectivity index (χ2v) is 6.08. The number of nitrogens with two attached hydrogens (primary N) is 1. The summed E-state index contributed by atoms with van der Waals surface area (Å²) in [6.07, 6.45) is 6.41. The monoisotopic (exact) mass is 274 g/mol. The Labute approximate surface area is 121 Å². The lowest BCUT2D eigenvalue weighted by Gasteiger charge is -2.27. The maximum absolute atomic E-state index is 12.2. The smallest absolute Gasteiger partial charge is 0.251 e. The fourth-order valence-corrected chi connectivity index (χ4v) is 3.06. The van der Waals surface area contributed by atoms with Crippen LogP contribution in [0.25, 0.3) is 0 Å². The number of nitrogens with one attached hydrogen (secondary N) is 1. The zero-order valence-corrected chi connectivity index (χ0v) is 12.6. The van der Waals surface area contributed by atoms with E-state index in [0.717, 1.165) is 18.0 Å². The van der Waals surface area contributed by atoms with E-state index in [1.807, 2.05) is 19.1 Å². The number of aryl methyl sites for hydroxylation is 1. The van der Waals surface area contributed by atoms with E-state index in [1.165, 1.54) is 32.1 Å². The number of carbonyl (C=O) groups excluding carboxylic acids is 1. The Kier molecular flexibility index (Phi) is 5.05. The van der Waals surface area contributed by atoms with Crippen LogP contribution in [0.15, 0.2) is 18.2 Å². The lowest BCUT2D eigenvalue weighted by molar-refractivity contribution is 0.0940. The van der Waals surface area contributed by atoms with Crippen LogP contribution < -0.4 is 11.1 Å². The van der Waals surface area contributed by atoms with E-state index in [0.29, 0.717) is 17.2 Å². The summed E-state index contributed by atoms with van der Waals surface area (Å²) in [7, 11) is 0. The normalized spacial score (nSPS) is 22.5. The highest BCUT2D eigenvalue weighted by Gasteiger charge is 2.20. The van der Waals surface area contributed by atoms with Crippen LogP contribution in [-0.4, -0.2) is 12.5 Å². The fraction of sp³-hybridized carbons (Fsp3) is 0.588. The van der Waals surface area contributed by atoms with Gasteiger partial charge in [-0.3, -0.25) is 4.79 Å². The number of hydrogen-bond donors (Lipinski definition) is 2. The zero-order chi connectivity index (χ0) is 14.5. The SMILES string of the molecule is CCC1CCC(CNC(=O)c2cc(N)ccc2C)CC1. The minimum atomic E-state index is 0.00687. The van der Waals surface area contributed by atoms with Crippen molar-refractivity contribution in [1.29, 1.82) is 0 Å². The van der Waals surface area contributed by atoms with E-state index < -0.39 is 0 Å². The number of carbonyl (C=O) groups is 1. The van der Waals surface area contributed by atoms with Crippen LogP contribution in [0.5, 0.6) is 0 Å². The second kappa shape index (κ2) is 6.78. The van der Waals surface area contributed by atoms with E-state index in [2.05, 4.69) is 12.2 Å². The van der Waals surface area contributed by atoms with Gasteiger partial charge in [-0.25, -0.2) is 0 Å². The zero-order valence-electron chi connectivity index (χ0n) is 12.6. The van der Waals surface area contributed by atoms with Crippen molar-refractivity contribution < 1.29 is 4.79 Å². The van der Waals surface area contributed by atoms with Crippen LogP contribution in [-0.2, 0) is 0 Å². The molecule has 0 bridgehead atoms. The van der Waals surface area contributed by atoms with Crippen molar-refractivity contribution >= 4 is 11.6 Å². The van der Waals surface area contributed by atoms with Gasteiger partial charge in [-0.15, -0.1) is 0 Å². The molecular formula is C17H26N2O. The molecule has 0 radical (unpaired) electrons. The van der Waals surface area contributed by atoms with Gasteiger partial charge in [0.25, 0.3) is 5.91 Å². The molecule has 1 aliphatic rings. The molecule has 0 atom stereocenters. The molecule has 110 valence electrons. The van der Waals surface area contributed by atoms with Gasteiger partial charge in [-0.05, 0) is 49.3 Å². The Bertz CT molecular complexity index is 462. The van der Waals surface area contributed by atoms with Crippen molar-refractivity contribution in [3.63, 3.8) is 0 Å². The molecule has 1 fully saturated rings. The van der Waals surface area contributed by atoms with Crippen LogP contribution in [0.4, 0.5) is 5.69 Å². The molecule has 2 rings (SSSR count). The Morgan fingerprint density at radius 3 is 2.55 bits per heavy atom. The number of anilines is 1. The molecule has 0 heterocycles. The topological polar surface area (TPSA) is 55.1 Å². The number of rotatable bonds is 4. The number of nitrogen functional groups attached to an aromatic ring is 1. The van der Waals surface area contributed by atoms with E-state index in [9.17, 15) is 4.79 Å². The van der Waals surface area contributed by atoms with Crippen molar-refractivity contribution in [2.45, 2.75) is 46.0 Å². The molecule has 3 N–H and O–H groups in total. The highest BCUT2D eigenvalue weighted by molar-refractivity contribution is 5.96. The van der Waals surface area contributed by atoms with E-state index in [-0.39, 0.29) is 5.91 Å². The van der Waals surface area contributed by atoms with Crippen LogP contribution in [0.1, 0.15) is 54.9 Å². The summed E-state index contributed by atoms with van der Waals surface area (Å²) in [5.41, 5.74) is 8.08. The molecule has 1 saturated carbocycles. The van der Waals surface area contributed by atoms with Gasteiger partial charge in [0, 0.05) is 17.8 Å². The van der Waals surface area contributed by atoms with Crippen LogP contribution in [0.2, 0.25) is 0 Å². The van der Waals surface area contributed by atoms with Gasteiger partial charge < -0.3 is 11.1 Å². The van der Waals surface area contributed by atoms with Crippen molar-refractivity contribution in [3.8, 4) is 0 Å². The molecule has 0 aliphatic heterocycles. The van der Waals surface area contributed by atoms with Crippen LogP contribution in [0.3, 0.4) is 0 Å². The van der Waals surface area contributed by atoms with E-state index in [1.54, 1.807) is 6.07 Å². The van der Waals surface area contributed by atoms with Crippen molar-refractivity contribution in [2.75, 3.05) is 12.3 Å². The third-order valence-corrected chi connectivity index (χ3v) is 4.60. The van der Waals surface area contributed by atoms with Gasteiger partial charge in [0.2, 0.25) is 0 Å². The summed E-state index contributed by atoms with van der Waals surface area (Å²) in [5.74, 6) is 1.55. The second-order valence-electron chi connectivity index (χ2n) is 6.08. The lowest BCUT2D eigenvalue weighted by atomic mass is 9.81. The maximum Gasteiger partial charge on any atom is 0.251 e. The van der Waals surface area contributed by atoms with Gasteiger partial charge in [0.15, 0.2) is 0 Å². The average Bonchev–Trinajstić information content (AvgIpc) is 2.47. The van der Waals surface area contributed by atoms with Crippen LogP contribution in [0, 0.1) is 18.8 Å². The third kappa shape index (κ3) is 3.75. The summed E-state index contributed by atoms with van der Waals surface area (Å²) in [5, 5.41) is 3.08. The quantitative estimate of drug-likeness (QED) is 0.825. The summed E-state index contributed by atoms with van der Waals surface area (Å²) < 4.78 is 0. The molecule has 3 heteroatoms. The molecule has 1 aromatic carbocycles. The van der Waals surface area contributed by atoms with Gasteiger partial charge in [0.1, 0.15) is 0 Å². The van der Waals surface area contributed by atoms with Crippen molar-refractivity contribution in [1.82, 2.24) is 5.32 Å². The highest BCUT2D eigenvalue weighted by Crippen LogP contribution is 2.30. The first-order valence-electron chi connectivity index (χ1n) is 7.74. The van der Waals surface area contributed by atoms with Gasteiger partial charge in [0.05, 0.1) is 0 Å². The fourth-order valence-electron chi connectivity index (χ4n) is 3.06. The molecule has 0 saturated heterocycles. The van der Waals surface area contributed by atoms with Gasteiger partial charge >= 0.3 is 0 Å². The molecule has 1 amide bonds. The molecule has 20 heavy (non-hydrogen) atoms. The van der Waals surface area contributed by atoms with Crippen molar-refractivity contribution in [2.24, 2.45) is 11.8 Å². The Morgan fingerprint density at radius 1 is 1.25 bits per heavy atom. The molecule has 0 spiro atoms. The molecule has 3 nitrogen and oxygen atoms in total. The summed E-state index contributed by atoms with van der Waals surface area (Å²) in [6, 6.07) is 5.49. The van der Waals surface area contributed by atoms with Crippen LogP contribution >= 0.6 is 0 Å². The standard InChI is InChI=1S/C17H26N2O/c1-3-13-5-7-14(8-6-13)11-19-17(20)16-10-15(18)9-4-12(16)2/h4,9-10,13-14H,3,5-8,11,18H2,1-2H3,(H,19,20).